The van der Waals surface area contributed by atoms with E-state index >= 15 is 0 Å². The first-order valence-corrected chi connectivity index (χ1v) is 9.44. The molecular weight excluding hydrogens is 350 g/mol. The number of anilines is 3. The fourth-order valence-corrected chi connectivity index (χ4v) is 2.86. The number of para-hydroxylation sites is 3. The van der Waals surface area contributed by atoms with Crippen molar-refractivity contribution >= 4 is 23.0 Å². The lowest BCUT2D eigenvalue weighted by molar-refractivity contribution is 0.102. The summed E-state index contributed by atoms with van der Waals surface area (Å²) in [6, 6.07) is 17.3. The SMILES string of the molecule is CCc1ccccc1NC(=O)c1cncc(Nc2ccccc2OC(C)C)c1. The van der Waals surface area contributed by atoms with E-state index in [1.807, 2.05) is 62.4 Å². The first kappa shape index (κ1) is 19.4. The monoisotopic (exact) mass is 375 g/mol. The summed E-state index contributed by atoms with van der Waals surface area (Å²) in [5.74, 6) is 0.563. The van der Waals surface area contributed by atoms with Gasteiger partial charge in [-0.1, -0.05) is 37.3 Å². The summed E-state index contributed by atoms with van der Waals surface area (Å²) in [4.78, 5) is 16.9. The van der Waals surface area contributed by atoms with Gasteiger partial charge in [-0.25, -0.2) is 0 Å². The molecule has 0 unspecified atom stereocenters. The van der Waals surface area contributed by atoms with Gasteiger partial charge in [-0.2, -0.15) is 0 Å². The Morgan fingerprint density at radius 2 is 1.75 bits per heavy atom. The molecule has 0 atom stereocenters. The molecule has 1 aromatic heterocycles. The van der Waals surface area contributed by atoms with Crippen molar-refractivity contribution in [2.75, 3.05) is 10.6 Å². The number of aromatic nitrogens is 1. The van der Waals surface area contributed by atoms with E-state index in [4.69, 9.17) is 4.74 Å². The van der Waals surface area contributed by atoms with E-state index in [2.05, 4.69) is 22.5 Å². The molecule has 0 fully saturated rings. The molecule has 0 saturated carbocycles. The average molecular weight is 375 g/mol. The Morgan fingerprint density at radius 3 is 2.50 bits per heavy atom. The van der Waals surface area contributed by atoms with Gasteiger partial charge in [0.05, 0.1) is 29.2 Å². The van der Waals surface area contributed by atoms with Crippen LogP contribution in [0.15, 0.2) is 67.0 Å². The Kier molecular flexibility index (Phi) is 6.27. The molecule has 0 spiro atoms. The number of nitrogens with zero attached hydrogens (tertiary/aromatic N) is 1. The fourth-order valence-electron chi connectivity index (χ4n) is 2.86. The second-order valence-corrected chi connectivity index (χ2v) is 6.71. The number of pyridine rings is 1. The van der Waals surface area contributed by atoms with E-state index in [1.54, 1.807) is 18.5 Å². The zero-order valence-corrected chi connectivity index (χ0v) is 16.4. The van der Waals surface area contributed by atoms with E-state index < -0.39 is 0 Å². The number of amides is 1. The number of hydrogen-bond donors (Lipinski definition) is 2. The van der Waals surface area contributed by atoms with Gasteiger partial charge in [0, 0.05) is 11.9 Å². The van der Waals surface area contributed by atoms with Crippen molar-refractivity contribution in [1.82, 2.24) is 4.98 Å². The van der Waals surface area contributed by atoms with Crippen LogP contribution in [-0.4, -0.2) is 17.0 Å². The Hall–Kier alpha value is -3.34. The number of benzene rings is 2. The Morgan fingerprint density at radius 1 is 1.04 bits per heavy atom. The molecule has 144 valence electrons. The van der Waals surface area contributed by atoms with Crippen LogP contribution in [0.5, 0.6) is 5.75 Å². The normalized spacial score (nSPS) is 10.6. The minimum absolute atomic E-state index is 0.0665. The summed E-state index contributed by atoms with van der Waals surface area (Å²) < 4.78 is 5.84. The molecule has 3 rings (SSSR count). The highest BCUT2D eigenvalue weighted by atomic mass is 16.5. The number of nitrogens with one attached hydrogen (secondary N) is 2. The van der Waals surface area contributed by atoms with Crippen LogP contribution in [0.4, 0.5) is 17.1 Å². The van der Waals surface area contributed by atoms with Gasteiger partial charge in [-0.05, 0) is 50.1 Å². The average Bonchev–Trinajstić information content (AvgIpc) is 2.70. The van der Waals surface area contributed by atoms with Gasteiger partial charge < -0.3 is 15.4 Å². The molecule has 5 nitrogen and oxygen atoms in total. The Labute approximate surface area is 165 Å². The quantitative estimate of drug-likeness (QED) is 0.578. The third kappa shape index (κ3) is 4.88. The van der Waals surface area contributed by atoms with Gasteiger partial charge in [-0.3, -0.25) is 9.78 Å². The van der Waals surface area contributed by atoms with Crippen LogP contribution < -0.4 is 15.4 Å². The zero-order valence-electron chi connectivity index (χ0n) is 16.4. The number of ether oxygens (including phenoxy) is 1. The van der Waals surface area contributed by atoms with E-state index in [1.165, 1.54) is 0 Å². The zero-order chi connectivity index (χ0) is 19.9. The number of carbonyl (C=O) groups is 1. The third-order valence-corrected chi connectivity index (χ3v) is 4.18. The van der Waals surface area contributed by atoms with Crippen LogP contribution in [0.3, 0.4) is 0 Å². The molecule has 3 aromatic rings. The minimum atomic E-state index is -0.191. The van der Waals surface area contributed by atoms with Crippen molar-refractivity contribution in [3.05, 3.63) is 78.1 Å². The smallest absolute Gasteiger partial charge is 0.257 e. The van der Waals surface area contributed by atoms with Crippen molar-refractivity contribution in [2.45, 2.75) is 33.3 Å². The largest absolute Gasteiger partial charge is 0.489 e. The highest BCUT2D eigenvalue weighted by Crippen LogP contribution is 2.28. The molecule has 2 N–H and O–H groups in total. The molecule has 5 heteroatoms. The maximum Gasteiger partial charge on any atom is 0.257 e. The number of aryl methyl sites for hydroxylation is 1. The molecule has 28 heavy (non-hydrogen) atoms. The molecule has 0 aliphatic rings. The molecular formula is C23H25N3O2. The van der Waals surface area contributed by atoms with Gasteiger partial charge in [0.25, 0.3) is 5.91 Å². The predicted octanol–water partition coefficient (Wildman–Crippen LogP) is 5.43. The van der Waals surface area contributed by atoms with Crippen LogP contribution in [0.2, 0.25) is 0 Å². The summed E-state index contributed by atoms with van der Waals surface area (Å²) in [6.45, 7) is 6.03. The Balaban J connectivity index is 1.78. The second-order valence-electron chi connectivity index (χ2n) is 6.71. The van der Waals surface area contributed by atoms with Crippen molar-refractivity contribution in [2.24, 2.45) is 0 Å². The summed E-state index contributed by atoms with van der Waals surface area (Å²) in [5, 5.41) is 6.27. The highest BCUT2D eigenvalue weighted by Gasteiger charge is 2.11. The molecule has 2 aromatic carbocycles. The van der Waals surface area contributed by atoms with Crippen molar-refractivity contribution in [3.8, 4) is 5.75 Å². The molecule has 0 aliphatic heterocycles. The van der Waals surface area contributed by atoms with E-state index in [9.17, 15) is 4.79 Å². The van der Waals surface area contributed by atoms with Gasteiger partial charge in [0.1, 0.15) is 5.75 Å². The standard InChI is InChI=1S/C23H25N3O2/c1-4-17-9-5-6-10-20(17)26-23(27)18-13-19(15-24-14-18)25-21-11-7-8-12-22(21)28-16(2)3/h5-16,25H,4H2,1-3H3,(H,26,27). The van der Waals surface area contributed by atoms with Crippen molar-refractivity contribution in [3.63, 3.8) is 0 Å². The van der Waals surface area contributed by atoms with Crippen molar-refractivity contribution < 1.29 is 9.53 Å². The van der Waals surface area contributed by atoms with Crippen molar-refractivity contribution in [1.29, 1.82) is 0 Å². The van der Waals surface area contributed by atoms with Gasteiger partial charge in [-0.15, -0.1) is 0 Å². The number of hydrogen-bond acceptors (Lipinski definition) is 4. The van der Waals surface area contributed by atoms with Crippen LogP contribution in [-0.2, 0) is 6.42 Å². The van der Waals surface area contributed by atoms with Crippen LogP contribution in [0.1, 0.15) is 36.7 Å². The summed E-state index contributed by atoms with van der Waals surface area (Å²) in [7, 11) is 0. The molecule has 0 bridgehead atoms. The van der Waals surface area contributed by atoms with Gasteiger partial charge in [0.15, 0.2) is 0 Å². The predicted molar refractivity (Wildman–Crippen MR) is 113 cm³/mol. The molecule has 1 heterocycles. The number of carbonyl (C=O) groups excluding carboxylic acids is 1. The third-order valence-electron chi connectivity index (χ3n) is 4.18. The molecule has 0 saturated heterocycles. The van der Waals surface area contributed by atoms with Crippen LogP contribution >= 0.6 is 0 Å². The maximum absolute atomic E-state index is 12.7. The van der Waals surface area contributed by atoms with Crippen LogP contribution in [0.25, 0.3) is 0 Å². The lowest BCUT2D eigenvalue weighted by Gasteiger charge is -2.15. The van der Waals surface area contributed by atoms with Gasteiger partial charge >= 0.3 is 0 Å². The lowest BCUT2D eigenvalue weighted by atomic mass is 10.1. The Bertz CT molecular complexity index is 954. The minimum Gasteiger partial charge on any atom is -0.489 e. The highest BCUT2D eigenvalue weighted by molar-refractivity contribution is 6.05. The summed E-state index contributed by atoms with van der Waals surface area (Å²) in [5.41, 5.74) is 3.95. The number of rotatable bonds is 7. The summed E-state index contributed by atoms with van der Waals surface area (Å²) >= 11 is 0. The fraction of sp³-hybridized carbons (Fsp3) is 0.217. The van der Waals surface area contributed by atoms with E-state index in [-0.39, 0.29) is 12.0 Å². The summed E-state index contributed by atoms with van der Waals surface area (Å²) in [6.07, 6.45) is 4.16. The van der Waals surface area contributed by atoms with Crippen LogP contribution in [0, 0.1) is 0 Å². The van der Waals surface area contributed by atoms with E-state index in [0.29, 0.717) is 5.56 Å². The second kappa shape index (κ2) is 9.04. The van der Waals surface area contributed by atoms with Gasteiger partial charge in [0.2, 0.25) is 0 Å². The topological polar surface area (TPSA) is 63.2 Å². The first-order valence-electron chi connectivity index (χ1n) is 9.44. The molecule has 1 amide bonds. The first-order chi connectivity index (χ1) is 13.6. The molecule has 0 radical (unpaired) electrons. The lowest BCUT2D eigenvalue weighted by Crippen LogP contribution is -2.14. The molecule has 0 aliphatic carbocycles. The maximum atomic E-state index is 12.7. The van der Waals surface area contributed by atoms with E-state index in [0.717, 1.165) is 34.8 Å².